The summed E-state index contributed by atoms with van der Waals surface area (Å²) in [5.74, 6) is -0.600. The Hall–Kier alpha value is -2.53. The molecule has 1 N–H and O–H groups in total. The van der Waals surface area contributed by atoms with E-state index in [-0.39, 0.29) is 5.91 Å². The maximum absolute atomic E-state index is 11.0. The minimum Gasteiger partial charge on any atom is -0.548 e. The molecule has 28 heavy (non-hydrogen) atoms. The van der Waals surface area contributed by atoms with Crippen molar-refractivity contribution in [3.63, 3.8) is 0 Å². The maximum atomic E-state index is 11.0. The number of carbonyl (C=O) groups is 2. The van der Waals surface area contributed by atoms with E-state index in [4.69, 9.17) is 0 Å². The van der Waals surface area contributed by atoms with Crippen molar-refractivity contribution in [2.75, 3.05) is 11.5 Å². The van der Waals surface area contributed by atoms with E-state index in [9.17, 15) is 14.7 Å². The lowest BCUT2D eigenvalue weighted by molar-refractivity contribution is -0.307. The van der Waals surface area contributed by atoms with Gasteiger partial charge in [-0.2, -0.15) is 11.8 Å². The van der Waals surface area contributed by atoms with Crippen molar-refractivity contribution >= 4 is 23.6 Å². The topological polar surface area (TPSA) is 69.2 Å². The lowest BCUT2D eigenvalue weighted by atomic mass is 10.0. The van der Waals surface area contributed by atoms with E-state index in [0.717, 1.165) is 12.8 Å². The minimum absolute atomic E-state index is 0.298. The summed E-state index contributed by atoms with van der Waals surface area (Å²) in [6.45, 7) is 3.39. The van der Waals surface area contributed by atoms with Crippen molar-refractivity contribution in [3.8, 4) is 11.1 Å². The molecule has 0 aliphatic rings. The molecule has 1 atom stereocenters. The Labute approximate surface area is 171 Å². The highest BCUT2D eigenvalue weighted by Crippen LogP contribution is 2.20. The quantitative estimate of drug-likeness (QED) is 0.495. The Morgan fingerprint density at radius 1 is 1.04 bits per heavy atom. The first-order valence-corrected chi connectivity index (χ1v) is 10.5. The second kappa shape index (κ2) is 11.3. The SMILES string of the molecule is CC(=O)NC(CSC/C=C(\C)CCc1ccc(-c2ccccc2)cc1)C(=O)[O-]. The summed E-state index contributed by atoms with van der Waals surface area (Å²) < 4.78 is 0. The normalized spacial score (nSPS) is 12.4. The zero-order valence-corrected chi connectivity index (χ0v) is 17.1. The third-order valence-electron chi connectivity index (χ3n) is 4.37. The molecule has 0 fully saturated rings. The molecule has 2 aromatic rings. The van der Waals surface area contributed by atoms with E-state index in [0.29, 0.717) is 11.5 Å². The van der Waals surface area contributed by atoms with Crippen LogP contribution in [0.15, 0.2) is 66.2 Å². The highest BCUT2D eigenvalue weighted by atomic mass is 32.2. The number of carbonyl (C=O) groups excluding carboxylic acids is 2. The van der Waals surface area contributed by atoms with Gasteiger partial charge in [0.2, 0.25) is 5.91 Å². The van der Waals surface area contributed by atoms with Crippen molar-refractivity contribution in [1.82, 2.24) is 5.32 Å². The number of nitrogens with one attached hydrogen (secondary N) is 1. The van der Waals surface area contributed by atoms with Crippen LogP contribution in [0.2, 0.25) is 0 Å². The molecule has 0 aromatic heterocycles. The zero-order chi connectivity index (χ0) is 20.4. The molecule has 0 aliphatic carbocycles. The van der Waals surface area contributed by atoms with Crippen LogP contribution in [0.4, 0.5) is 0 Å². The second-order valence-corrected chi connectivity index (χ2v) is 7.80. The van der Waals surface area contributed by atoms with Crippen LogP contribution in [0.5, 0.6) is 0 Å². The van der Waals surface area contributed by atoms with Crippen molar-refractivity contribution in [3.05, 3.63) is 71.8 Å². The number of aliphatic carboxylic acids is 1. The fraction of sp³-hybridized carbons (Fsp3) is 0.304. The summed E-state index contributed by atoms with van der Waals surface area (Å²) in [5.41, 5.74) is 5.00. The van der Waals surface area contributed by atoms with Crippen LogP contribution in [-0.4, -0.2) is 29.4 Å². The second-order valence-electron chi connectivity index (χ2n) is 6.72. The maximum Gasteiger partial charge on any atom is 0.217 e. The number of carboxylic acids is 1. The molecule has 0 radical (unpaired) electrons. The fourth-order valence-electron chi connectivity index (χ4n) is 2.74. The first-order chi connectivity index (χ1) is 13.5. The number of rotatable bonds is 10. The van der Waals surface area contributed by atoms with Gasteiger partial charge in [-0.25, -0.2) is 0 Å². The molecule has 0 saturated carbocycles. The molecular weight excluding hydrogens is 370 g/mol. The van der Waals surface area contributed by atoms with Gasteiger partial charge >= 0.3 is 0 Å². The number of hydrogen-bond acceptors (Lipinski definition) is 4. The predicted molar refractivity (Wildman–Crippen MR) is 114 cm³/mol. The molecule has 0 aliphatic heterocycles. The predicted octanol–water partition coefficient (Wildman–Crippen LogP) is 3.22. The summed E-state index contributed by atoms with van der Waals surface area (Å²) in [6, 6.07) is 18.0. The van der Waals surface area contributed by atoms with Crippen LogP contribution >= 0.6 is 11.8 Å². The van der Waals surface area contributed by atoms with Crippen LogP contribution in [0, 0.1) is 0 Å². The van der Waals surface area contributed by atoms with Crippen LogP contribution in [0.1, 0.15) is 25.8 Å². The van der Waals surface area contributed by atoms with Gasteiger partial charge in [-0.05, 0) is 36.5 Å². The largest absolute Gasteiger partial charge is 0.548 e. The Morgan fingerprint density at radius 3 is 2.29 bits per heavy atom. The average Bonchev–Trinajstić information content (AvgIpc) is 2.69. The Morgan fingerprint density at radius 2 is 1.68 bits per heavy atom. The lowest BCUT2D eigenvalue weighted by Crippen LogP contribution is -2.48. The van der Waals surface area contributed by atoms with Gasteiger partial charge < -0.3 is 15.2 Å². The number of thioether (sulfide) groups is 1. The molecule has 5 heteroatoms. The standard InChI is InChI=1S/C23H27NO3S/c1-17(14-15-28-16-22(23(26)27)24-18(2)25)8-9-19-10-12-21(13-11-19)20-6-4-3-5-7-20/h3-7,10-14,22H,8-9,15-16H2,1-2H3,(H,24,25)(H,26,27)/p-1/b17-14+. The number of aryl methyl sites for hydroxylation is 1. The Kier molecular flexibility index (Phi) is 8.82. The summed E-state index contributed by atoms with van der Waals surface area (Å²) >= 11 is 1.47. The molecule has 1 amide bonds. The van der Waals surface area contributed by atoms with Crippen LogP contribution in [0.25, 0.3) is 11.1 Å². The highest BCUT2D eigenvalue weighted by Gasteiger charge is 2.10. The Balaban J connectivity index is 1.76. The van der Waals surface area contributed by atoms with Crippen LogP contribution in [0.3, 0.4) is 0 Å². The van der Waals surface area contributed by atoms with E-state index in [1.165, 1.54) is 40.9 Å². The third kappa shape index (κ3) is 7.61. The third-order valence-corrected chi connectivity index (χ3v) is 5.34. The van der Waals surface area contributed by atoms with Crippen LogP contribution < -0.4 is 10.4 Å². The molecule has 0 spiro atoms. The first kappa shape index (κ1) is 21.8. The van der Waals surface area contributed by atoms with E-state index in [1.807, 2.05) is 18.2 Å². The fourth-order valence-corrected chi connectivity index (χ4v) is 3.73. The van der Waals surface area contributed by atoms with Gasteiger partial charge in [-0.15, -0.1) is 0 Å². The average molecular weight is 397 g/mol. The van der Waals surface area contributed by atoms with E-state index < -0.39 is 12.0 Å². The number of hydrogen-bond donors (Lipinski definition) is 1. The number of amides is 1. The van der Waals surface area contributed by atoms with E-state index in [2.05, 4.69) is 54.7 Å². The molecule has 148 valence electrons. The lowest BCUT2D eigenvalue weighted by Gasteiger charge is -2.17. The first-order valence-electron chi connectivity index (χ1n) is 9.31. The number of benzene rings is 2. The molecule has 2 rings (SSSR count). The molecule has 1 unspecified atom stereocenters. The van der Waals surface area contributed by atoms with Crippen molar-refractivity contribution in [2.45, 2.75) is 32.7 Å². The van der Waals surface area contributed by atoms with Crippen LogP contribution in [-0.2, 0) is 16.0 Å². The van der Waals surface area contributed by atoms with Gasteiger partial charge in [0.05, 0.1) is 12.0 Å². The van der Waals surface area contributed by atoms with Crippen molar-refractivity contribution < 1.29 is 14.7 Å². The monoisotopic (exact) mass is 396 g/mol. The molecule has 4 nitrogen and oxygen atoms in total. The summed E-state index contributed by atoms with van der Waals surface area (Å²) in [5, 5.41) is 13.4. The van der Waals surface area contributed by atoms with Gasteiger partial charge in [-0.3, -0.25) is 4.79 Å². The van der Waals surface area contributed by atoms with Gasteiger partial charge in [0.25, 0.3) is 0 Å². The summed E-state index contributed by atoms with van der Waals surface area (Å²) in [7, 11) is 0. The van der Waals surface area contributed by atoms with Gasteiger partial charge in [0, 0.05) is 18.4 Å². The molecule has 2 aromatic carbocycles. The molecule has 0 heterocycles. The van der Waals surface area contributed by atoms with Gasteiger partial charge in [0.15, 0.2) is 0 Å². The molecular formula is C23H26NO3S-. The highest BCUT2D eigenvalue weighted by molar-refractivity contribution is 7.99. The zero-order valence-electron chi connectivity index (χ0n) is 16.3. The Bertz CT molecular complexity index is 800. The summed E-state index contributed by atoms with van der Waals surface area (Å²) in [4.78, 5) is 22.0. The van der Waals surface area contributed by atoms with Gasteiger partial charge in [0.1, 0.15) is 0 Å². The minimum atomic E-state index is -1.25. The van der Waals surface area contributed by atoms with E-state index in [1.54, 1.807) is 0 Å². The smallest absolute Gasteiger partial charge is 0.217 e. The number of carboxylic acid groups (broad SMARTS) is 1. The molecule has 0 bridgehead atoms. The molecule has 0 saturated heterocycles. The van der Waals surface area contributed by atoms with Crippen molar-refractivity contribution in [1.29, 1.82) is 0 Å². The summed E-state index contributed by atoms with van der Waals surface area (Å²) in [6.07, 6.45) is 4.04. The van der Waals surface area contributed by atoms with E-state index >= 15 is 0 Å². The number of allylic oxidation sites excluding steroid dienone is 1. The van der Waals surface area contributed by atoms with Gasteiger partial charge in [-0.1, -0.05) is 66.2 Å². The van der Waals surface area contributed by atoms with Crippen molar-refractivity contribution in [2.24, 2.45) is 0 Å².